The summed E-state index contributed by atoms with van der Waals surface area (Å²) in [5, 5.41) is 14.2. The predicted octanol–water partition coefficient (Wildman–Crippen LogP) is 4.61. The molecule has 0 aliphatic rings. The lowest BCUT2D eigenvalue weighted by Gasteiger charge is -2.08. The first-order valence-electron chi connectivity index (χ1n) is 11.3. The van der Waals surface area contributed by atoms with Crippen molar-refractivity contribution in [2.75, 3.05) is 12.4 Å². The Morgan fingerprint density at radius 3 is 2.53 bits per heavy atom. The molecule has 5 rings (SSSR count). The number of aromatic nitrogens is 4. The van der Waals surface area contributed by atoms with Crippen molar-refractivity contribution >= 4 is 11.6 Å². The first-order valence-corrected chi connectivity index (χ1v) is 11.3. The average Bonchev–Trinajstić information content (AvgIpc) is 3.34. The van der Waals surface area contributed by atoms with Gasteiger partial charge in [-0.1, -0.05) is 54.6 Å². The summed E-state index contributed by atoms with van der Waals surface area (Å²) >= 11 is 0. The molecule has 36 heavy (non-hydrogen) atoms. The van der Waals surface area contributed by atoms with E-state index in [1.54, 1.807) is 36.2 Å². The van der Waals surface area contributed by atoms with Crippen LogP contribution in [-0.2, 0) is 6.54 Å². The lowest BCUT2D eigenvalue weighted by Crippen LogP contribution is -2.12. The van der Waals surface area contributed by atoms with Gasteiger partial charge >= 0.3 is 0 Å². The van der Waals surface area contributed by atoms with Crippen LogP contribution in [0.4, 0.5) is 5.69 Å². The number of carbonyl (C=O) groups excluding carboxylic acids is 1. The van der Waals surface area contributed by atoms with Crippen LogP contribution in [-0.4, -0.2) is 33.0 Å². The number of methoxy groups -OCH3 is 1. The second kappa shape index (κ2) is 10.1. The molecule has 0 bridgehead atoms. The fourth-order valence-corrected chi connectivity index (χ4v) is 3.88. The number of benzene rings is 3. The number of rotatable bonds is 7. The van der Waals surface area contributed by atoms with Crippen LogP contribution in [0.15, 0.2) is 102 Å². The summed E-state index contributed by atoms with van der Waals surface area (Å²) in [6.07, 6.45) is 1.75. The van der Waals surface area contributed by atoms with Gasteiger partial charge in [0.2, 0.25) is 0 Å². The first kappa shape index (κ1) is 22.8. The average molecular weight is 478 g/mol. The number of aromatic amines is 1. The largest absolute Gasteiger partial charge is 0.497 e. The number of nitrogens with zero attached hydrogens (tertiary/aromatic N) is 3. The normalized spacial score (nSPS) is 10.7. The lowest BCUT2D eigenvalue weighted by atomic mass is 10.1. The zero-order valence-electron chi connectivity index (χ0n) is 19.5. The molecule has 178 valence electrons. The Kier molecular flexibility index (Phi) is 6.40. The van der Waals surface area contributed by atoms with E-state index in [0.717, 1.165) is 16.7 Å². The summed E-state index contributed by atoms with van der Waals surface area (Å²) in [6, 6.07) is 27.7. The summed E-state index contributed by atoms with van der Waals surface area (Å²) in [5.41, 5.74) is 4.52. The van der Waals surface area contributed by atoms with Gasteiger partial charge < -0.3 is 10.1 Å². The van der Waals surface area contributed by atoms with E-state index in [1.807, 2.05) is 66.7 Å². The van der Waals surface area contributed by atoms with Crippen molar-refractivity contribution in [3.63, 3.8) is 0 Å². The Bertz CT molecular complexity index is 1550. The Balaban J connectivity index is 1.48. The summed E-state index contributed by atoms with van der Waals surface area (Å²) in [5.74, 6) is 0.385. The first-order chi connectivity index (χ1) is 17.6. The molecule has 0 aliphatic carbocycles. The molecular weight excluding hydrogens is 454 g/mol. The number of H-pyrrole nitrogens is 1. The number of ether oxygens (including phenoxy) is 1. The van der Waals surface area contributed by atoms with E-state index in [0.29, 0.717) is 34.9 Å². The van der Waals surface area contributed by atoms with Gasteiger partial charge in [0.1, 0.15) is 11.4 Å². The van der Waals surface area contributed by atoms with E-state index in [9.17, 15) is 9.59 Å². The molecule has 2 heterocycles. The fraction of sp³-hybridized carbons (Fsp3) is 0.0714. The minimum atomic E-state index is -0.293. The van der Waals surface area contributed by atoms with Crippen LogP contribution < -0.4 is 15.6 Å². The van der Waals surface area contributed by atoms with Gasteiger partial charge in [-0.25, -0.2) is 5.10 Å². The van der Waals surface area contributed by atoms with Crippen molar-refractivity contribution in [1.82, 2.24) is 20.0 Å². The van der Waals surface area contributed by atoms with E-state index in [4.69, 9.17) is 9.84 Å². The lowest BCUT2D eigenvalue weighted by molar-refractivity contribution is 0.102. The van der Waals surface area contributed by atoms with Gasteiger partial charge in [-0.05, 0) is 35.9 Å². The predicted molar refractivity (Wildman–Crippen MR) is 138 cm³/mol. The third-order valence-electron chi connectivity index (χ3n) is 5.63. The topological polar surface area (TPSA) is 102 Å². The minimum absolute atomic E-state index is 0.277. The summed E-state index contributed by atoms with van der Waals surface area (Å²) in [6.45, 7) is 0.526. The summed E-state index contributed by atoms with van der Waals surface area (Å²) in [7, 11) is 1.60. The van der Waals surface area contributed by atoms with Gasteiger partial charge in [-0.3, -0.25) is 14.3 Å². The number of hydrogen-bond acceptors (Lipinski definition) is 5. The highest BCUT2D eigenvalue weighted by molar-refractivity contribution is 6.08. The molecule has 0 fully saturated rings. The molecule has 0 saturated heterocycles. The molecule has 2 N–H and O–H groups in total. The van der Waals surface area contributed by atoms with E-state index in [2.05, 4.69) is 15.5 Å². The SMILES string of the molecule is COc1cccc(-c2nn(Cc3ccccc3)cc2C(=O)Nc2cccc(-c3ccc(=O)[nH]n3)c2)c1. The fourth-order valence-electron chi connectivity index (χ4n) is 3.88. The molecule has 8 heteroatoms. The van der Waals surface area contributed by atoms with Crippen molar-refractivity contribution in [3.05, 3.63) is 119 Å². The van der Waals surface area contributed by atoms with Crippen LogP contribution in [0.25, 0.3) is 22.5 Å². The third kappa shape index (κ3) is 5.07. The van der Waals surface area contributed by atoms with Gasteiger partial charge in [0, 0.05) is 29.1 Å². The second-order valence-electron chi connectivity index (χ2n) is 8.15. The molecule has 0 spiro atoms. The molecule has 0 unspecified atom stereocenters. The van der Waals surface area contributed by atoms with Gasteiger partial charge in [-0.2, -0.15) is 10.2 Å². The van der Waals surface area contributed by atoms with Gasteiger partial charge in [0.05, 0.1) is 24.9 Å². The number of hydrogen-bond donors (Lipinski definition) is 2. The standard InChI is InChI=1S/C28H23N5O3/c1-36-23-12-6-10-21(16-23)27-24(18-33(32-27)17-19-7-3-2-4-8-19)28(35)29-22-11-5-9-20(15-22)25-13-14-26(34)31-30-25/h2-16,18H,17H2,1H3,(H,29,35)(H,31,34). The van der Waals surface area contributed by atoms with Crippen LogP contribution in [0.3, 0.4) is 0 Å². The van der Waals surface area contributed by atoms with Crippen molar-refractivity contribution in [2.24, 2.45) is 0 Å². The number of carbonyl (C=O) groups is 1. The number of anilines is 1. The van der Waals surface area contributed by atoms with Crippen LogP contribution in [0, 0.1) is 0 Å². The van der Waals surface area contributed by atoms with Crippen molar-refractivity contribution in [3.8, 4) is 28.3 Å². The Hall–Kier alpha value is -4.98. The van der Waals surface area contributed by atoms with Crippen LogP contribution in [0.1, 0.15) is 15.9 Å². The molecule has 8 nitrogen and oxygen atoms in total. The van der Waals surface area contributed by atoms with Crippen molar-refractivity contribution in [2.45, 2.75) is 6.54 Å². The molecule has 0 saturated carbocycles. The van der Waals surface area contributed by atoms with Gasteiger partial charge in [-0.15, -0.1) is 0 Å². The highest BCUT2D eigenvalue weighted by Gasteiger charge is 2.19. The van der Waals surface area contributed by atoms with E-state index < -0.39 is 0 Å². The number of amides is 1. The van der Waals surface area contributed by atoms with Gasteiger partial charge in [0.15, 0.2) is 0 Å². The van der Waals surface area contributed by atoms with Crippen LogP contribution in [0.2, 0.25) is 0 Å². The highest BCUT2D eigenvalue weighted by atomic mass is 16.5. The van der Waals surface area contributed by atoms with Crippen LogP contribution in [0.5, 0.6) is 5.75 Å². The van der Waals surface area contributed by atoms with Crippen LogP contribution >= 0.6 is 0 Å². The van der Waals surface area contributed by atoms with E-state index >= 15 is 0 Å². The van der Waals surface area contributed by atoms with E-state index in [-0.39, 0.29) is 11.5 Å². The number of nitrogens with one attached hydrogen (secondary N) is 2. The molecule has 0 aliphatic heterocycles. The molecular formula is C28H23N5O3. The smallest absolute Gasteiger partial charge is 0.264 e. The molecule has 1 amide bonds. The van der Waals surface area contributed by atoms with Gasteiger partial charge in [0.25, 0.3) is 11.5 Å². The maximum absolute atomic E-state index is 13.5. The maximum atomic E-state index is 13.5. The summed E-state index contributed by atoms with van der Waals surface area (Å²) < 4.78 is 7.14. The Labute approximate surface area is 207 Å². The molecule has 5 aromatic rings. The molecule has 3 aromatic carbocycles. The Morgan fingerprint density at radius 1 is 0.944 bits per heavy atom. The summed E-state index contributed by atoms with van der Waals surface area (Å²) in [4.78, 5) is 24.8. The molecule has 2 aromatic heterocycles. The van der Waals surface area contributed by atoms with Crippen molar-refractivity contribution < 1.29 is 9.53 Å². The highest BCUT2D eigenvalue weighted by Crippen LogP contribution is 2.27. The van der Waals surface area contributed by atoms with Crippen molar-refractivity contribution in [1.29, 1.82) is 0 Å². The maximum Gasteiger partial charge on any atom is 0.264 e. The third-order valence-corrected chi connectivity index (χ3v) is 5.63. The second-order valence-corrected chi connectivity index (χ2v) is 8.15. The zero-order valence-corrected chi connectivity index (χ0v) is 19.5. The quantitative estimate of drug-likeness (QED) is 0.356. The molecule has 0 atom stereocenters. The van der Waals surface area contributed by atoms with E-state index in [1.165, 1.54) is 6.07 Å². The Morgan fingerprint density at radius 2 is 1.75 bits per heavy atom. The monoisotopic (exact) mass is 477 g/mol. The molecule has 0 radical (unpaired) electrons. The zero-order chi connectivity index (χ0) is 24.9. The minimum Gasteiger partial charge on any atom is -0.497 e.